The van der Waals surface area contributed by atoms with Crippen molar-refractivity contribution >= 4 is 11.9 Å². The zero-order valence-corrected chi connectivity index (χ0v) is 6.28. The van der Waals surface area contributed by atoms with E-state index in [0.717, 1.165) is 0 Å². The molecule has 5 heteroatoms. The van der Waals surface area contributed by atoms with E-state index >= 15 is 0 Å². The third-order valence-corrected chi connectivity index (χ3v) is 1.98. The van der Waals surface area contributed by atoms with Crippen molar-refractivity contribution in [3.05, 3.63) is 11.6 Å². The molecule has 0 saturated carbocycles. The highest BCUT2D eigenvalue weighted by molar-refractivity contribution is 6.00. The van der Waals surface area contributed by atoms with Crippen molar-refractivity contribution in [2.45, 2.75) is 18.4 Å². The summed E-state index contributed by atoms with van der Waals surface area (Å²) in [6.45, 7) is 0. The number of carboxylic acids is 2. The fourth-order valence-electron chi connectivity index (χ4n) is 1.26. The summed E-state index contributed by atoms with van der Waals surface area (Å²) < 4.78 is 0. The first-order valence-electron chi connectivity index (χ1n) is 3.44. The lowest BCUT2D eigenvalue weighted by molar-refractivity contribution is -0.144. The summed E-state index contributed by atoms with van der Waals surface area (Å²) in [5, 5.41) is 17.2. The molecule has 0 aromatic heterocycles. The van der Waals surface area contributed by atoms with Gasteiger partial charge >= 0.3 is 11.9 Å². The summed E-state index contributed by atoms with van der Waals surface area (Å²) in [5.74, 6) is -2.54. The summed E-state index contributed by atoms with van der Waals surface area (Å²) in [4.78, 5) is 21.1. The number of carbonyl (C=O) groups is 2. The number of hydrogen-bond donors (Lipinski definition) is 3. The molecule has 0 bridgehead atoms. The van der Waals surface area contributed by atoms with E-state index in [-0.39, 0.29) is 12.0 Å². The summed E-state index contributed by atoms with van der Waals surface area (Å²) in [6.07, 6.45) is 1.92. The predicted octanol–water partition coefficient (Wildman–Crippen LogP) is -0.427. The Bertz CT molecular complexity index is 271. The summed E-state index contributed by atoms with van der Waals surface area (Å²) in [6, 6.07) is 0. The van der Waals surface area contributed by atoms with Crippen LogP contribution in [-0.4, -0.2) is 27.7 Å². The summed E-state index contributed by atoms with van der Waals surface area (Å²) in [7, 11) is 0. The van der Waals surface area contributed by atoms with Crippen LogP contribution in [0.1, 0.15) is 12.8 Å². The molecule has 1 atom stereocenters. The van der Waals surface area contributed by atoms with Gasteiger partial charge in [0.15, 0.2) is 0 Å². The monoisotopic (exact) mass is 171 g/mol. The van der Waals surface area contributed by atoms with Crippen LogP contribution in [0.25, 0.3) is 0 Å². The Morgan fingerprint density at radius 1 is 1.50 bits per heavy atom. The van der Waals surface area contributed by atoms with E-state index in [0.29, 0.717) is 6.42 Å². The van der Waals surface area contributed by atoms with Crippen LogP contribution >= 0.6 is 0 Å². The van der Waals surface area contributed by atoms with Crippen LogP contribution in [0.5, 0.6) is 0 Å². The van der Waals surface area contributed by atoms with E-state index in [1.54, 1.807) is 0 Å². The maximum Gasteiger partial charge on any atom is 0.333 e. The lowest BCUT2D eigenvalue weighted by atomic mass is 9.93. The smallest absolute Gasteiger partial charge is 0.333 e. The molecule has 0 fully saturated rings. The molecule has 5 nitrogen and oxygen atoms in total. The summed E-state index contributed by atoms with van der Waals surface area (Å²) in [5.41, 5.74) is 3.50. The number of aliphatic carboxylic acids is 2. The van der Waals surface area contributed by atoms with E-state index in [2.05, 4.69) is 0 Å². The number of carboxylic acid groups (broad SMARTS) is 2. The molecule has 0 aromatic rings. The lowest BCUT2D eigenvalue weighted by Crippen LogP contribution is -2.49. The minimum atomic E-state index is -1.69. The van der Waals surface area contributed by atoms with Gasteiger partial charge in [-0.05, 0) is 12.8 Å². The molecule has 0 aromatic carbocycles. The van der Waals surface area contributed by atoms with Crippen LogP contribution < -0.4 is 5.73 Å². The standard InChI is InChI=1S/C7H9NO4/c8-7(6(11)12)3-1-2-4(7)5(9)10/h2H,1,3,8H2,(H,9,10)(H,11,12). The van der Waals surface area contributed by atoms with Crippen molar-refractivity contribution in [2.75, 3.05) is 0 Å². The Morgan fingerprint density at radius 2 is 2.08 bits per heavy atom. The van der Waals surface area contributed by atoms with Gasteiger partial charge in [-0.15, -0.1) is 0 Å². The van der Waals surface area contributed by atoms with Gasteiger partial charge in [0.05, 0.1) is 5.57 Å². The highest BCUT2D eigenvalue weighted by Crippen LogP contribution is 2.28. The van der Waals surface area contributed by atoms with E-state index in [9.17, 15) is 9.59 Å². The second-order valence-electron chi connectivity index (χ2n) is 2.74. The Morgan fingerprint density at radius 3 is 2.42 bits per heavy atom. The van der Waals surface area contributed by atoms with Crippen LogP contribution in [0.3, 0.4) is 0 Å². The largest absolute Gasteiger partial charge is 0.480 e. The van der Waals surface area contributed by atoms with E-state index < -0.39 is 17.5 Å². The first kappa shape index (κ1) is 8.73. The Hall–Kier alpha value is -1.36. The van der Waals surface area contributed by atoms with Gasteiger partial charge < -0.3 is 15.9 Å². The van der Waals surface area contributed by atoms with Gasteiger partial charge in [0.1, 0.15) is 5.54 Å². The van der Waals surface area contributed by atoms with Crippen LogP contribution in [-0.2, 0) is 9.59 Å². The third-order valence-electron chi connectivity index (χ3n) is 1.98. The second-order valence-corrected chi connectivity index (χ2v) is 2.74. The van der Waals surface area contributed by atoms with Crippen LogP contribution in [0, 0.1) is 0 Å². The molecule has 12 heavy (non-hydrogen) atoms. The number of hydrogen-bond acceptors (Lipinski definition) is 3. The molecule has 0 saturated heterocycles. The van der Waals surface area contributed by atoms with Crippen LogP contribution in [0.2, 0.25) is 0 Å². The molecular weight excluding hydrogens is 162 g/mol. The van der Waals surface area contributed by atoms with Crippen LogP contribution in [0.15, 0.2) is 11.6 Å². The quantitative estimate of drug-likeness (QED) is 0.523. The first-order chi connectivity index (χ1) is 5.48. The number of allylic oxidation sites excluding steroid dienone is 1. The maximum atomic E-state index is 10.6. The number of nitrogens with two attached hydrogens (primary N) is 1. The fourth-order valence-corrected chi connectivity index (χ4v) is 1.26. The second kappa shape index (κ2) is 2.60. The molecule has 0 spiro atoms. The van der Waals surface area contributed by atoms with Crippen molar-refractivity contribution < 1.29 is 19.8 Å². The van der Waals surface area contributed by atoms with Gasteiger partial charge in [-0.2, -0.15) is 0 Å². The fraction of sp³-hybridized carbons (Fsp3) is 0.429. The van der Waals surface area contributed by atoms with E-state index in [4.69, 9.17) is 15.9 Å². The average Bonchev–Trinajstić information content (AvgIpc) is 2.32. The molecule has 1 rings (SSSR count). The molecule has 0 amide bonds. The van der Waals surface area contributed by atoms with Crippen molar-refractivity contribution in [2.24, 2.45) is 5.73 Å². The van der Waals surface area contributed by atoms with Crippen molar-refractivity contribution in [1.82, 2.24) is 0 Å². The van der Waals surface area contributed by atoms with Gasteiger partial charge in [0.25, 0.3) is 0 Å². The highest BCUT2D eigenvalue weighted by atomic mass is 16.4. The molecule has 1 aliphatic carbocycles. The Kier molecular flexibility index (Phi) is 1.89. The van der Waals surface area contributed by atoms with Gasteiger partial charge in [-0.1, -0.05) is 6.08 Å². The van der Waals surface area contributed by atoms with Gasteiger partial charge in [0, 0.05) is 0 Å². The molecule has 1 unspecified atom stereocenters. The minimum absolute atomic E-state index is 0.157. The van der Waals surface area contributed by atoms with E-state index in [1.807, 2.05) is 0 Å². The highest BCUT2D eigenvalue weighted by Gasteiger charge is 2.44. The lowest BCUT2D eigenvalue weighted by Gasteiger charge is -2.19. The minimum Gasteiger partial charge on any atom is -0.480 e. The predicted molar refractivity (Wildman–Crippen MR) is 39.5 cm³/mol. The van der Waals surface area contributed by atoms with Crippen LogP contribution in [0.4, 0.5) is 0 Å². The van der Waals surface area contributed by atoms with Crippen molar-refractivity contribution in [3.63, 3.8) is 0 Å². The Balaban J connectivity index is 3.02. The molecule has 4 N–H and O–H groups in total. The van der Waals surface area contributed by atoms with Crippen molar-refractivity contribution in [3.8, 4) is 0 Å². The normalized spacial score (nSPS) is 28.2. The molecule has 66 valence electrons. The Labute approximate surface area is 68.5 Å². The molecular formula is C7H9NO4. The SMILES string of the molecule is NC1(C(=O)O)CCC=C1C(=O)O. The maximum absolute atomic E-state index is 10.6. The zero-order chi connectivity index (χ0) is 9.35. The molecule has 0 radical (unpaired) electrons. The average molecular weight is 171 g/mol. The van der Waals surface area contributed by atoms with Gasteiger partial charge in [-0.3, -0.25) is 0 Å². The number of rotatable bonds is 2. The summed E-state index contributed by atoms with van der Waals surface area (Å²) >= 11 is 0. The van der Waals surface area contributed by atoms with Crippen molar-refractivity contribution in [1.29, 1.82) is 0 Å². The molecule has 0 aliphatic heterocycles. The van der Waals surface area contributed by atoms with Gasteiger partial charge in [0.2, 0.25) is 0 Å². The van der Waals surface area contributed by atoms with E-state index in [1.165, 1.54) is 6.08 Å². The zero-order valence-electron chi connectivity index (χ0n) is 6.28. The third kappa shape index (κ3) is 1.08. The molecule has 0 heterocycles. The topological polar surface area (TPSA) is 101 Å². The van der Waals surface area contributed by atoms with Gasteiger partial charge in [-0.25, -0.2) is 9.59 Å². The molecule has 1 aliphatic rings. The first-order valence-corrected chi connectivity index (χ1v) is 3.44.